The van der Waals surface area contributed by atoms with Crippen molar-refractivity contribution in [1.82, 2.24) is 24.4 Å². The molecular formula is C16H23N5O2S. The number of aromatic amines is 1. The summed E-state index contributed by atoms with van der Waals surface area (Å²) in [6, 6.07) is 1.43. The maximum Gasteiger partial charge on any atom is 0.251 e. The molecule has 2 aromatic rings. The Morgan fingerprint density at radius 3 is 2.88 bits per heavy atom. The molecule has 0 aliphatic rings. The van der Waals surface area contributed by atoms with E-state index in [4.69, 9.17) is 0 Å². The minimum Gasteiger partial charge on any atom is -0.345 e. The normalized spacial score (nSPS) is 12.2. The van der Waals surface area contributed by atoms with Crippen LogP contribution in [0.3, 0.4) is 0 Å². The van der Waals surface area contributed by atoms with Crippen LogP contribution in [0.5, 0.6) is 0 Å². The Hall–Kier alpha value is -2.09. The second-order valence-corrected chi connectivity index (χ2v) is 7.10. The fourth-order valence-electron chi connectivity index (χ4n) is 2.36. The van der Waals surface area contributed by atoms with E-state index in [0.717, 1.165) is 18.7 Å². The quantitative estimate of drug-likeness (QED) is 0.603. The molecule has 2 aromatic heterocycles. The second-order valence-electron chi connectivity index (χ2n) is 5.77. The Morgan fingerprint density at radius 1 is 1.50 bits per heavy atom. The van der Waals surface area contributed by atoms with Gasteiger partial charge in [-0.3, -0.25) is 9.59 Å². The number of imidazole rings is 1. The Bertz CT molecular complexity index is 755. The van der Waals surface area contributed by atoms with E-state index in [0.29, 0.717) is 17.4 Å². The topological polar surface area (TPSA) is 83.9 Å². The Balaban J connectivity index is 1.85. The van der Waals surface area contributed by atoms with Crippen molar-refractivity contribution in [3.63, 3.8) is 0 Å². The minimum atomic E-state index is -0.312. The lowest BCUT2D eigenvalue weighted by Gasteiger charge is -2.20. The molecule has 0 spiro atoms. The summed E-state index contributed by atoms with van der Waals surface area (Å²) in [6.45, 7) is 4.24. The highest BCUT2D eigenvalue weighted by atomic mass is 32.2. The van der Waals surface area contributed by atoms with Crippen molar-refractivity contribution >= 4 is 17.7 Å². The molecule has 2 rings (SSSR count). The van der Waals surface area contributed by atoms with Gasteiger partial charge in [0.05, 0.1) is 5.25 Å². The zero-order valence-electron chi connectivity index (χ0n) is 14.4. The third-order valence-electron chi connectivity index (χ3n) is 3.68. The van der Waals surface area contributed by atoms with Crippen molar-refractivity contribution < 1.29 is 4.79 Å². The highest BCUT2D eigenvalue weighted by Crippen LogP contribution is 2.20. The summed E-state index contributed by atoms with van der Waals surface area (Å²) in [7, 11) is 3.76. The van der Waals surface area contributed by atoms with Crippen molar-refractivity contribution in [2.24, 2.45) is 7.05 Å². The fourth-order valence-corrected chi connectivity index (χ4v) is 3.33. The van der Waals surface area contributed by atoms with E-state index >= 15 is 0 Å². The molecule has 0 fully saturated rings. The van der Waals surface area contributed by atoms with Crippen LogP contribution in [0.4, 0.5) is 0 Å². The second kappa shape index (κ2) is 8.14. The molecule has 1 N–H and O–H groups in total. The number of carbonyl (C=O) groups is 1. The van der Waals surface area contributed by atoms with Crippen molar-refractivity contribution in [2.75, 3.05) is 13.6 Å². The predicted molar refractivity (Wildman–Crippen MR) is 94.1 cm³/mol. The zero-order chi connectivity index (χ0) is 17.7. The molecular weight excluding hydrogens is 326 g/mol. The summed E-state index contributed by atoms with van der Waals surface area (Å²) in [4.78, 5) is 36.8. The molecule has 8 heteroatoms. The van der Waals surface area contributed by atoms with E-state index < -0.39 is 0 Å². The van der Waals surface area contributed by atoms with Gasteiger partial charge in [0, 0.05) is 51.2 Å². The summed E-state index contributed by atoms with van der Waals surface area (Å²) >= 11 is 1.27. The van der Waals surface area contributed by atoms with Crippen LogP contribution in [-0.2, 0) is 18.3 Å². The number of thioether (sulfide) groups is 1. The van der Waals surface area contributed by atoms with Crippen LogP contribution in [0.2, 0.25) is 0 Å². The van der Waals surface area contributed by atoms with Crippen LogP contribution in [0.15, 0.2) is 28.4 Å². The number of aromatic nitrogens is 4. The van der Waals surface area contributed by atoms with Gasteiger partial charge < -0.3 is 14.5 Å². The zero-order valence-corrected chi connectivity index (χ0v) is 15.3. The summed E-state index contributed by atoms with van der Waals surface area (Å²) in [5.41, 5.74) is 0.442. The number of amides is 1. The van der Waals surface area contributed by atoms with Crippen LogP contribution in [0.1, 0.15) is 24.9 Å². The maximum atomic E-state index is 12.4. The third kappa shape index (κ3) is 4.95. The number of aryl methyl sites for hydroxylation is 3. The highest BCUT2D eigenvalue weighted by molar-refractivity contribution is 8.00. The number of hydrogen-bond donors (Lipinski definition) is 1. The van der Waals surface area contributed by atoms with Crippen LogP contribution in [0, 0.1) is 6.92 Å². The van der Waals surface area contributed by atoms with E-state index in [1.165, 1.54) is 17.8 Å². The lowest BCUT2D eigenvalue weighted by molar-refractivity contribution is -0.129. The molecule has 1 unspecified atom stereocenters. The summed E-state index contributed by atoms with van der Waals surface area (Å²) in [6.07, 6.45) is 5.37. The summed E-state index contributed by atoms with van der Waals surface area (Å²) in [5.74, 6) is 1.03. The molecule has 1 atom stereocenters. The largest absolute Gasteiger partial charge is 0.345 e. The van der Waals surface area contributed by atoms with Gasteiger partial charge in [-0.15, -0.1) is 0 Å². The van der Waals surface area contributed by atoms with Crippen LogP contribution in [-0.4, -0.2) is 49.2 Å². The Kier molecular flexibility index (Phi) is 6.19. The molecule has 0 saturated heterocycles. The molecule has 0 bridgehead atoms. The Morgan fingerprint density at radius 2 is 2.25 bits per heavy atom. The van der Waals surface area contributed by atoms with Crippen molar-refractivity contribution in [3.05, 3.63) is 40.3 Å². The SMILES string of the molecule is Cc1cc(=O)[nH]c(SC(C)C(=O)N(C)CCCc2nccn2C)n1. The van der Waals surface area contributed by atoms with Crippen LogP contribution >= 0.6 is 11.8 Å². The fraction of sp³-hybridized carbons (Fsp3) is 0.500. The van der Waals surface area contributed by atoms with Crippen LogP contribution in [0.25, 0.3) is 0 Å². The van der Waals surface area contributed by atoms with E-state index in [2.05, 4.69) is 15.0 Å². The van der Waals surface area contributed by atoms with Gasteiger partial charge in [-0.05, 0) is 20.3 Å². The lowest BCUT2D eigenvalue weighted by Crippen LogP contribution is -2.34. The molecule has 7 nitrogen and oxygen atoms in total. The van der Waals surface area contributed by atoms with E-state index in [1.807, 2.05) is 24.7 Å². The van der Waals surface area contributed by atoms with Crippen molar-refractivity contribution in [3.8, 4) is 0 Å². The van der Waals surface area contributed by atoms with Gasteiger partial charge in [-0.25, -0.2) is 9.97 Å². The average Bonchev–Trinajstić information content (AvgIpc) is 2.90. The Labute approximate surface area is 145 Å². The van der Waals surface area contributed by atoms with Gasteiger partial charge in [0.1, 0.15) is 5.82 Å². The van der Waals surface area contributed by atoms with Gasteiger partial charge in [-0.2, -0.15) is 0 Å². The summed E-state index contributed by atoms with van der Waals surface area (Å²) < 4.78 is 1.99. The van der Waals surface area contributed by atoms with Gasteiger partial charge in [0.25, 0.3) is 5.56 Å². The molecule has 0 aromatic carbocycles. The molecule has 130 valence electrons. The summed E-state index contributed by atoms with van der Waals surface area (Å²) in [5, 5.41) is 0.162. The van der Waals surface area contributed by atoms with Crippen molar-refractivity contribution in [2.45, 2.75) is 37.1 Å². The molecule has 24 heavy (non-hydrogen) atoms. The molecule has 1 amide bonds. The molecule has 0 aliphatic heterocycles. The minimum absolute atomic E-state index is 0.0176. The molecule has 0 aliphatic carbocycles. The van der Waals surface area contributed by atoms with Gasteiger partial charge in [-0.1, -0.05) is 11.8 Å². The smallest absolute Gasteiger partial charge is 0.251 e. The first kappa shape index (κ1) is 18.3. The van der Waals surface area contributed by atoms with Gasteiger partial charge in [0.2, 0.25) is 5.91 Å². The average molecular weight is 349 g/mol. The number of rotatable bonds is 7. The molecule has 0 radical (unpaired) electrons. The van der Waals surface area contributed by atoms with E-state index in [1.54, 1.807) is 25.1 Å². The lowest BCUT2D eigenvalue weighted by atomic mass is 10.2. The molecule has 0 saturated carbocycles. The van der Waals surface area contributed by atoms with E-state index in [9.17, 15) is 9.59 Å². The predicted octanol–water partition coefficient (Wildman–Crippen LogP) is 1.38. The maximum absolute atomic E-state index is 12.4. The number of nitrogens with zero attached hydrogens (tertiary/aromatic N) is 4. The van der Waals surface area contributed by atoms with Gasteiger partial charge >= 0.3 is 0 Å². The van der Waals surface area contributed by atoms with E-state index in [-0.39, 0.29) is 16.7 Å². The number of nitrogens with one attached hydrogen (secondary N) is 1. The van der Waals surface area contributed by atoms with Gasteiger partial charge in [0.15, 0.2) is 5.16 Å². The third-order valence-corrected chi connectivity index (χ3v) is 4.65. The first-order valence-corrected chi connectivity index (χ1v) is 8.70. The highest BCUT2D eigenvalue weighted by Gasteiger charge is 2.19. The standard InChI is InChI=1S/C16H23N5O2S/c1-11-10-14(22)19-16(18-11)24-12(2)15(23)21(4)8-5-6-13-17-7-9-20(13)3/h7,9-10,12H,5-6,8H2,1-4H3,(H,18,19,22). The first-order valence-electron chi connectivity index (χ1n) is 7.82. The molecule has 2 heterocycles. The van der Waals surface area contributed by atoms with Crippen molar-refractivity contribution in [1.29, 1.82) is 0 Å². The number of hydrogen-bond acceptors (Lipinski definition) is 5. The number of carbonyl (C=O) groups excluding carboxylic acids is 1. The monoisotopic (exact) mass is 349 g/mol. The first-order chi connectivity index (χ1) is 11.4. The number of H-pyrrole nitrogens is 1. The van der Waals surface area contributed by atoms with Crippen LogP contribution < -0.4 is 5.56 Å².